The first-order valence-corrected chi connectivity index (χ1v) is 4.39. The molecule has 0 radical (unpaired) electrons. The van der Waals surface area contributed by atoms with Gasteiger partial charge in [0.05, 0.1) is 6.10 Å². The number of unbranched alkanes of at least 4 members (excludes halogenated alkanes) is 3. The predicted octanol–water partition coefficient (Wildman–Crippen LogP) is 2.99. The molecule has 0 aromatic rings. The maximum absolute atomic E-state index is 5.39. The van der Waals surface area contributed by atoms with Gasteiger partial charge in [-0.1, -0.05) is 26.2 Å². The second kappa shape index (κ2) is 7.07. The van der Waals surface area contributed by atoms with Crippen molar-refractivity contribution in [2.45, 2.75) is 52.6 Å². The van der Waals surface area contributed by atoms with Crippen LogP contribution in [0, 0.1) is 0 Å². The van der Waals surface area contributed by atoms with Gasteiger partial charge in [-0.25, -0.2) is 0 Å². The van der Waals surface area contributed by atoms with Crippen LogP contribution in [0.5, 0.6) is 0 Å². The molecule has 0 aromatic carbocycles. The molecule has 0 aliphatic rings. The first-order valence-electron chi connectivity index (χ1n) is 4.39. The summed E-state index contributed by atoms with van der Waals surface area (Å²) in [4.78, 5) is 0. The van der Waals surface area contributed by atoms with Gasteiger partial charge < -0.3 is 4.74 Å². The summed E-state index contributed by atoms with van der Waals surface area (Å²) < 4.78 is 5.39. The highest BCUT2D eigenvalue weighted by Crippen LogP contribution is 1.99. The fraction of sp³-hybridized carbons (Fsp3) is 1.00. The molecule has 0 aliphatic heterocycles. The Balaban J connectivity index is 2.77. The highest BCUT2D eigenvalue weighted by atomic mass is 16.5. The fourth-order valence-electron chi connectivity index (χ4n) is 0.848. The van der Waals surface area contributed by atoms with Crippen molar-refractivity contribution in [1.82, 2.24) is 0 Å². The molecular formula is C9H20O. The molecule has 1 heteroatoms. The average Bonchev–Trinajstić information content (AvgIpc) is 1.87. The van der Waals surface area contributed by atoms with Gasteiger partial charge in [0, 0.05) is 6.61 Å². The van der Waals surface area contributed by atoms with E-state index in [1.165, 1.54) is 25.7 Å². The van der Waals surface area contributed by atoms with Gasteiger partial charge in [0.15, 0.2) is 0 Å². The van der Waals surface area contributed by atoms with Crippen LogP contribution in [0.1, 0.15) is 46.5 Å². The Hall–Kier alpha value is -0.0400. The summed E-state index contributed by atoms with van der Waals surface area (Å²) >= 11 is 0. The van der Waals surface area contributed by atoms with Crippen molar-refractivity contribution in [3.05, 3.63) is 0 Å². The summed E-state index contributed by atoms with van der Waals surface area (Å²) in [6.45, 7) is 7.33. The molecule has 0 heterocycles. The lowest BCUT2D eigenvalue weighted by atomic mass is 10.2. The lowest BCUT2D eigenvalue weighted by molar-refractivity contribution is 0.0757. The zero-order chi connectivity index (χ0) is 7.82. The maximum atomic E-state index is 5.39. The largest absolute Gasteiger partial charge is 0.379 e. The molecule has 0 saturated heterocycles. The highest BCUT2D eigenvalue weighted by Gasteiger charge is 1.91. The molecule has 0 bridgehead atoms. The van der Waals surface area contributed by atoms with Crippen LogP contribution in [0.2, 0.25) is 0 Å². The molecule has 0 amide bonds. The van der Waals surface area contributed by atoms with Crippen molar-refractivity contribution in [2.24, 2.45) is 0 Å². The van der Waals surface area contributed by atoms with Gasteiger partial charge in [0.2, 0.25) is 0 Å². The van der Waals surface area contributed by atoms with E-state index in [0.29, 0.717) is 6.10 Å². The van der Waals surface area contributed by atoms with E-state index in [9.17, 15) is 0 Å². The molecule has 0 rings (SSSR count). The minimum Gasteiger partial charge on any atom is -0.379 e. The molecule has 0 fully saturated rings. The summed E-state index contributed by atoms with van der Waals surface area (Å²) in [7, 11) is 0. The molecule has 0 N–H and O–H groups in total. The van der Waals surface area contributed by atoms with E-state index in [0.717, 1.165) is 6.61 Å². The molecule has 0 saturated carbocycles. The Kier molecular flexibility index (Phi) is 7.04. The summed E-state index contributed by atoms with van der Waals surface area (Å²) in [6.07, 6.45) is 5.61. The molecule has 0 atom stereocenters. The van der Waals surface area contributed by atoms with Crippen molar-refractivity contribution >= 4 is 0 Å². The summed E-state index contributed by atoms with van der Waals surface area (Å²) in [5.41, 5.74) is 0. The van der Waals surface area contributed by atoms with Gasteiger partial charge in [-0.3, -0.25) is 0 Å². The molecule has 62 valence electrons. The van der Waals surface area contributed by atoms with Crippen LogP contribution in [-0.2, 0) is 4.74 Å². The fourth-order valence-corrected chi connectivity index (χ4v) is 0.848. The monoisotopic (exact) mass is 144 g/mol. The molecule has 0 aliphatic carbocycles. The van der Waals surface area contributed by atoms with Crippen LogP contribution in [-0.4, -0.2) is 12.7 Å². The minimum absolute atomic E-state index is 0.404. The molecule has 0 aromatic heterocycles. The standard InChI is InChI=1S/C9H20O/c1-4-5-6-7-8-10-9(2)3/h9H,4-8H2,1-3H3. The minimum atomic E-state index is 0.404. The van der Waals surface area contributed by atoms with Crippen LogP contribution < -0.4 is 0 Å². The topological polar surface area (TPSA) is 9.23 Å². The predicted molar refractivity (Wildman–Crippen MR) is 45.2 cm³/mol. The number of ether oxygens (including phenoxy) is 1. The van der Waals surface area contributed by atoms with Gasteiger partial charge in [0.25, 0.3) is 0 Å². The van der Waals surface area contributed by atoms with E-state index in [1.54, 1.807) is 0 Å². The lowest BCUT2D eigenvalue weighted by Crippen LogP contribution is -2.03. The van der Waals surface area contributed by atoms with Crippen LogP contribution >= 0.6 is 0 Å². The van der Waals surface area contributed by atoms with Gasteiger partial charge in [-0.05, 0) is 20.3 Å². The summed E-state index contributed by atoms with van der Waals surface area (Å²) in [5.74, 6) is 0. The molecule has 0 unspecified atom stereocenters. The average molecular weight is 144 g/mol. The highest BCUT2D eigenvalue weighted by molar-refractivity contribution is 4.41. The zero-order valence-electron chi connectivity index (χ0n) is 7.52. The molecule has 1 nitrogen and oxygen atoms in total. The maximum Gasteiger partial charge on any atom is 0.0518 e. The van der Waals surface area contributed by atoms with Gasteiger partial charge in [-0.2, -0.15) is 0 Å². The quantitative estimate of drug-likeness (QED) is 0.521. The van der Waals surface area contributed by atoms with Crippen LogP contribution in [0.3, 0.4) is 0 Å². The van der Waals surface area contributed by atoms with Crippen molar-refractivity contribution in [3.63, 3.8) is 0 Å². The number of hydrogen-bond donors (Lipinski definition) is 0. The summed E-state index contributed by atoms with van der Waals surface area (Å²) in [5, 5.41) is 0. The van der Waals surface area contributed by atoms with E-state index >= 15 is 0 Å². The van der Waals surface area contributed by atoms with Gasteiger partial charge in [-0.15, -0.1) is 0 Å². The second-order valence-corrected chi connectivity index (χ2v) is 2.98. The smallest absolute Gasteiger partial charge is 0.0518 e. The van der Waals surface area contributed by atoms with E-state index in [2.05, 4.69) is 20.8 Å². The van der Waals surface area contributed by atoms with Crippen LogP contribution in [0.25, 0.3) is 0 Å². The Labute approximate surface area is 64.8 Å². The van der Waals surface area contributed by atoms with Crippen LogP contribution in [0.15, 0.2) is 0 Å². The van der Waals surface area contributed by atoms with E-state index in [1.807, 2.05) is 0 Å². The third-order valence-electron chi connectivity index (χ3n) is 1.45. The van der Waals surface area contributed by atoms with E-state index in [-0.39, 0.29) is 0 Å². The van der Waals surface area contributed by atoms with Crippen LogP contribution in [0.4, 0.5) is 0 Å². The number of rotatable bonds is 6. The van der Waals surface area contributed by atoms with Gasteiger partial charge >= 0.3 is 0 Å². The normalized spacial score (nSPS) is 10.8. The van der Waals surface area contributed by atoms with Crippen molar-refractivity contribution in [1.29, 1.82) is 0 Å². The Morgan fingerprint density at radius 3 is 2.30 bits per heavy atom. The van der Waals surface area contributed by atoms with Crippen molar-refractivity contribution < 1.29 is 4.74 Å². The number of hydrogen-bond acceptors (Lipinski definition) is 1. The molecule has 10 heavy (non-hydrogen) atoms. The first-order chi connectivity index (χ1) is 4.77. The zero-order valence-corrected chi connectivity index (χ0v) is 7.52. The second-order valence-electron chi connectivity index (χ2n) is 2.98. The third-order valence-corrected chi connectivity index (χ3v) is 1.45. The van der Waals surface area contributed by atoms with E-state index in [4.69, 9.17) is 4.74 Å². The lowest BCUT2D eigenvalue weighted by Gasteiger charge is -2.05. The summed E-state index contributed by atoms with van der Waals surface area (Å²) in [6, 6.07) is 0. The Morgan fingerprint density at radius 1 is 1.10 bits per heavy atom. The van der Waals surface area contributed by atoms with Crippen molar-refractivity contribution in [2.75, 3.05) is 6.61 Å². The molecular weight excluding hydrogens is 124 g/mol. The molecule has 0 spiro atoms. The van der Waals surface area contributed by atoms with Crippen molar-refractivity contribution in [3.8, 4) is 0 Å². The van der Waals surface area contributed by atoms with Gasteiger partial charge in [0.1, 0.15) is 0 Å². The third kappa shape index (κ3) is 7.96. The SMILES string of the molecule is CCCCCCOC(C)C. The first kappa shape index (κ1) is 9.96. The van der Waals surface area contributed by atoms with E-state index < -0.39 is 0 Å². The Bertz CT molecular complexity index is 59.7. The Morgan fingerprint density at radius 2 is 1.80 bits per heavy atom.